The minimum atomic E-state index is -2.73. The molecule has 1 saturated carbocycles. The lowest BCUT2D eigenvalue weighted by molar-refractivity contribution is -0.117. The molecule has 1 aliphatic carbocycles. The number of nitrogens with one attached hydrogen (secondary N) is 1. The van der Waals surface area contributed by atoms with E-state index in [0.29, 0.717) is 26.5 Å². The highest BCUT2D eigenvalue weighted by Gasteiger charge is 2.34. The van der Waals surface area contributed by atoms with Crippen molar-refractivity contribution < 1.29 is 23.1 Å². The van der Waals surface area contributed by atoms with Crippen molar-refractivity contribution in [3.05, 3.63) is 44.0 Å². The normalized spacial score (nSPS) is 13.8. The number of aromatic nitrogens is 2. The van der Waals surface area contributed by atoms with Gasteiger partial charge in [0.05, 0.1) is 22.3 Å². The topological polar surface area (TPSA) is 73.2 Å². The van der Waals surface area contributed by atoms with Gasteiger partial charge in [-0.1, -0.05) is 11.6 Å². The van der Waals surface area contributed by atoms with Gasteiger partial charge in [0.15, 0.2) is 0 Å². The third-order valence-electron chi connectivity index (χ3n) is 4.70. The molecule has 2 heterocycles. The fourth-order valence-electron chi connectivity index (χ4n) is 3.18. The number of carbonyl (C=O) groups excluding carboxylic acids is 2. The first-order valence-electron chi connectivity index (χ1n) is 8.94. The van der Waals surface area contributed by atoms with E-state index in [-0.39, 0.29) is 27.5 Å². The molecule has 1 aromatic carbocycles. The van der Waals surface area contributed by atoms with Crippen LogP contribution in [-0.4, -0.2) is 28.8 Å². The molecule has 0 unspecified atom stereocenters. The number of rotatable bonds is 6. The smallest absolute Gasteiger partial charge is 0.349 e. The highest BCUT2D eigenvalue weighted by atomic mass is 79.9. The van der Waals surface area contributed by atoms with E-state index >= 15 is 0 Å². The average Bonchev–Trinajstić information content (AvgIpc) is 3.41. The molecular weight excluding hydrogens is 504 g/mol. The maximum Gasteiger partial charge on any atom is 0.349 e. The van der Waals surface area contributed by atoms with Crippen molar-refractivity contribution in [3.63, 3.8) is 0 Å². The maximum atomic E-state index is 13.2. The van der Waals surface area contributed by atoms with Gasteiger partial charge in [0.2, 0.25) is 5.91 Å². The van der Waals surface area contributed by atoms with E-state index in [0.717, 1.165) is 24.2 Å². The van der Waals surface area contributed by atoms with Crippen LogP contribution in [0.25, 0.3) is 10.1 Å². The number of ether oxygens (including phenoxy) is 1. The number of hydrogen-bond acceptors (Lipinski definition) is 5. The summed E-state index contributed by atoms with van der Waals surface area (Å²) in [4.78, 5) is 24.6. The van der Waals surface area contributed by atoms with Crippen LogP contribution >= 0.6 is 38.9 Å². The van der Waals surface area contributed by atoms with Gasteiger partial charge in [-0.3, -0.25) is 9.48 Å². The summed E-state index contributed by atoms with van der Waals surface area (Å²) < 4.78 is 33.5. The van der Waals surface area contributed by atoms with Crippen LogP contribution in [0.2, 0.25) is 5.02 Å². The highest BCUT2D eigenvalue weighted by Crippen LogP contribution is 2.45. The number of hydrogen-bond donors (Lipinski definition) is 1. The Hall–Kier alpha value is -2.04. The fourth-order valence-corrected chi connectivity index (χ4v) is 5.43. The summed E-state index contributed by atoms with van der Waals surface area (Å²) in [5.74, 6) is -0.796. The molecule has 3 aromatic rings. The van der Waals surface area contributed by atoms with E-state index in [1.54, 1.807) is 18.2 Å². The molecule has 6 nitrogen and oxygen atoms in total. The lowest BCUT2D eigenvalue weighted by Gasteiger charge is -2.08. The number of benzene rings is 1. The van der Waals surface area contributed by atoms with Crippen LogP contribution in [-0.2, 0) is 16.1 Å². The molecule has 1 aliphatic rings. The first kappa shape index (κ1) is 21.2. The van der Waals surface area contributed by atoms with Crippen molar-refractivity contribution in [3.8, 4) is 0 Å². The molecule has 30 heavy (non-hydrogen) atoms. The van der Waals surface area contributed by atoms with Crippen LogP contribution < -0.4 is 5.32 Å². The molecule has 11 heteroatoms. The van der Waals surface area contributed by atoms with E-state index in [1.807, 2.05) is 0 Å². The molecular formula is C19H15BrClF2N3O3S. The van der Waals surface area contributed by atoms with Crippen molar-refractivity contribution in [2.24, 2.45) is 0 Å². The van der Waals surface area contributed by atoms with Crippen molar-refractivity contribution in [1.82, 2.24) is 9.78 Å². The van der Waals surface area contributed by atoms with Gasteiger partial charge in [-0.25, -0.2) is 13.6 Å². The Morgan fingerprint density at radius 3 is 2.80 bits per heavy atom. The van der Waals surface area contributed by atoms with Crippen LogP contribution in [0, 0.1) is 0 Å². The van der Waals surface area contributed by atoms with E-state index in [2.05, 4.69) is 26.3 Å². The maximum absolute atomic E-state index is 13.2. The number of thiophene rings is 1. The second-order valence-corrected chi connectivity index (χ2v) is 9.04. The summed E-state index contributed by atoms with van der Waals surface area (Å²) in [7, 11) is 1.28. The lowest BCUT2D eigenvalue weighted by atomic mass is 10.2. The van der Waals surface area contributed by atoms with Crippen LogP contribution in [0.15, 0.2) is 22.7 Å². The van der Waals surface area contributed by atoms with E-state index in [4.69, 9.17) is 16.3 Å². The minimum Gasteiger partial charge on any atom is -0.465 e. The molecule has 0 aliphatic heterocycles. The SMILES string of the molecule is COC(=O)c1sc2cc(NC(=O)Cn3nc(C(F)F)c(Br)c3C3CC3)ccc2c1Cl. The zero-order valence-electron chi connectivity index (χ0n) is 15.5. The van der Waals surface area contributed by atoms with E-state index < -0.39 is 18.3 Å². The van der Waals surface area contributed by atoms with Gasteiger partial charge in [-0.05, 0) is 47.0 Å². The summed E-state index contributed by atoms with van der Waals surface area (Å²) in [6, 6.07) is 5.05. The van der Waals surface area contributed by atoms with Crippen LogP contribution in [0.1, 0.15) is 46.2 Å². The number of esters is 1. The first-order valence-corrected chi connectivity index (χ1v) is 10.9. The van der Waals surface area contributed by atoms with Gasteiger partial charge >= 0.3 is 5.97 Å². The number of halogens is 4. The second kappa shape index (κ2) is 8.24. The number of carbonyl (C=O) groups is 2. The Morgan fingerprint density at radius 1 is 1.43 bits per heavy atom. The molecule has 0 saturated heterocycles. The first-order chi connectivity index (χ1) is 14.3. The number of methoxy groups -OCH3 is 1. The van der Waals surface area contributed by atoms with Gasteiger partial charge in [0, 0.05) is 21.7 Å². The quantitative estimate of drug-likeness (QED) is 0.422. The molecule has 0 radical (unpaired) electrons. The second-order valence-electron chi connectivity index (χ2n) is 6.81. The summed E-state index contributed by atoms with van der Waals surface area (Å²) in [6.07, 6.45) is -0.962. The van der Waals surface area contributed by atoms with Gasteiger partial charge in [-0.2, -0.15) is 5.10 Å². The Kier molecular flexibility index (Phi) is 5.82. The van der Waals surface area contributed by atoms with E-state index in [1.165, 1.54) is 11.8 Å². The Bertz CT molecular complexity index is 1160. The third-order valence-corrected chi connectivity index (χ3v) is 7.15. The Morgan fingerprint density at radius 2 is 2.17 bits per heavy atom. The van der Waals surface area contributed by atoms with Crippen molar-refractivity contribution in [1.29, 1.82) is 0 Å². The largest absolute Gasteiger partial charge is 0.465 e. The van der Waals surface area contributed by atoms with Crippen LogP contribution in [0.5, 0.6) is 0 Å². The predicted molar refractivity (Wildman–Crippen MR) is 114 cm³/mol. The lowest BCUT2D eigenvalue weighted by Crippen LogP contribution is -2.21. The van der Waals surface area contributed by atoms with Gasteiger partial charge in [0.25, 0.3) is 6.43 Å². The number of amides is 1. The third kappa shape index (κ3) is 3.95. The minimum absolute atomic E-state index is 0.133. The molecule has 158 valence electrons. The number of fused-ring (bicyclic) bond motifs is 1. The number of anilines is 1. The van der Waals surface area contributed by atoms with Gasteiger partial charge in [0.1, 0.15) is 17.1 Å². The molecule has 0 atom stereocenters. The fraction of sp³-hybridized carbons (Fsp3) is 0.316. The Labute approximate surface area is 187 Å². The summed E-state index contributed by atoms with van der Waals surface area (Å²) in [6.45, 7) is -0.187. The number of nitrogens with zero attached hydrogens (tertiary/aromatic N) is 2. The van der Waals surface area contributed by atoms with Crippen molar-refractivity contribution in [2.75, 3.05) is 12.4 Å². The molecule has 0 bridgehead atoms. The molecule has 2 aromatic heterocycles. The number of alkyl halides is 2. The standard InChI is InChI=1S/C19H15BrClF2N3O3S/c1-29-19(28)17-14(21)10-5-4-9(6-11(10)30-17)24-12(27)7-26-16(8-2-3-8)13(20)15(25-26)18(22)23/h4-6,8,18H,2-3,7H2,1H3,(H,24,27). The predicted octanol–water partition coefficient (Wildman–Crippen LogP) is 5.75. The Balaban J connectivity index is 1.55. The molecule has 1 N–H and O–H groups in total. The van der Waals surface area contributed by atoms with Gasteiger partial charge < -0.3 is 10.1 Å². The zero-order chi connectivity index (χ0) is 21.6. The molecule has 0 spiro atoms. The highest BCUT2D eigenvalue weighted by molar-refractivity contribution is 9.10. The summed E-state index contributed by atoms with van der Waals surface area (Å²) in [5, 5.41) is 7.66. The average molecular weight is 519 g/mol. The molecule has 4 rings (SSSR count). The van der Waals surface area contributed by atoms with Crippen molar-refractivity contribution >= 4 is 66.5 Å². The monoisotopic (exact) mass is 517 g/mol. The van der Waals surface area contributed by atoms with Crippen molar-refractivity contribution in [2.45, 2.75) is 31.7 Å². The molecule has 1 amide bonds. The van der Waals surface area contributed by atoms with Crippen LogP contribution in [0.3, 0.4) is 0 Å². The summed E-state index contributed by atoms with van der Waals surface area (Å²) in [5.41, 5.74) is 0.772. The van der Waals surface area contributed by atoms with Crippen LogP contribution in [0.4, 0.5) is 14.5 Å². The zero-order valence-corrected chi connectivity index (χ0v) is 18.7. The molecule has 1 fully saturated rings. The van der Waals surface area contributed by atoms with E-state index in [9.17, 15) is 18.4 Å². The summed E-state index contributed by atoms with van der Waals surface area (Å²) >= 11 is 10.6. The van der Waals surface area contributed by atoms with Gasteiger partial charge in [-0.15, -0.1) is 11.3 Å².